The first kappa shape index (κ1) is 27.4. The Labute approximate surface area is 258 Å². The summed E-state index contributed by atoms with van der Waals surface area (Å²) < 4.78 is 20.8. The van der Waals surface area contributed by atoms with Crippen molar-refractivity contribution < 1.29 is 13.9 Å². The minimum Gasteiger partial charge on any atom is -0.492 e. The van der Waals surface area contributed by atoms with Crippen LogP contribution in [0.25, 0.3) is 55.8 Å². The van der Waals surface area contributed by atoms with E-state index in [1.807, 2.05) is 36.4 Å². The zero-order chi connectivity index (χ0) is 30.3. The maximum Gasteiger partial charge on any atom is 0.227 e. The summed E-state index contributed by atoms with van der Waals surface area (Å²) in [6.45, 7) is 3.53. The number of nitrogens with one attached hydrogen (secondary N) is 3. The van der Waals surface area contributed by atoms with Crippen molar-refractivity contribution in [2.24, 2.45) is 5.92 Å². The Kier molecular flexibility index (Phi) is 6.94. The molecule has 2 aliphatic rings. The van der Waals surface area contributed by atoms with Crippen LogP contribution in [0, 0.1) is 11.7 Å². The average molecular weight is 603 g/mol. The summed E-state index contributed by atoms with van der Waals surface area (Å²) in [6.07, 6.45) is 9.38. The van der Waals surface area contributed by atoms with E-state index in [2.05, 4.69) is 35.4 Å². The molecule has 5 aromatic heterocycles. The van der Waals surface area contributed by atoms with E-state index in [9.17, 15) is 9.18 Å². The highest BCUT2D eigenvalue weighted by Gasteiger charge is 2.29. The number of carbonyl (C=O) groups is 1. The number of ether oxygens (including phenoxy) is 1. The van der Waals surface area contributed by atoms with Gasteiger partial charge in [0.2, 0.25) is 5.91 Å². The third-order valence-electron chi connectivity index (χ3n) is 8.50. The Morgan fingerprint density at radius 3 is 2.80 bits per heavy atom. The molecule has 226 valence electrons. The molecule has 0 radical (unpaired) electrons. The van der Waals surface area contributed by atoms with Crippen molar-refractivity contribution in [2.75, 3.05) is 31.6 Å². The molecule has 3 N–H and O–H groups in total. The number of rotatable bonds is 9. The van der Waals surface area contributed by atoms with Crippen molar-refractivity contribution >= 4 is 33.7 Å². The van der Waals surface area contributed by atoms with Crippen LogP contribution in [0.15, 0.2) is 67.1 Å². The van der Waals surface area contributed by atoms with Gasteiger partial charge in [0, 0.05) is 41.9 Å². The van der Waals surface area contributed by atoms with Gasteiger partial charge in [-0.2, -0.15) is 5.10 Å². The van der Waals surface area contributed by atoms with E-state index in [-0.39, 0.29) is 17.6 Å². The van der Waals surface area contributed by atoms with Gasteiger partial charge in [0.05, 0.1) is 28.8 Å². The molecule has 1 aliphatic carbocycles. The lowest BCUT2D eigenvalue weighted by atomic mass is 10.0. The van der Waals surface area contributed by atoms with Gasteiger partial charge in [0.25, 0.3) is 0 Å². The van der Waals surface area contributed by atoms with Crippen LogP contribution in [0.4, 0.5) is 10.1 Å². The smallest absolute Gasteiger partial charge is 0.227 e. The molecule has 0 unspecified atom stereocenters. The van der Waals surface area contributed by atoms with Gasteiger partial charge in [-0.1, -0.05) is 0 Å². The van der Waals surface area contributed by atoms with Crippen LogP contribution in [0.5, 0.6) is 5.75 Å². The molecular formula is C34H31FN8O2. The van der Waals surface area contributed by atoms with Crippen molar-refractivity contribution in [1.29, 1.82) is 0 Å². The molecule has 8 rings (SSSR count). The number of hydrogen-bond acceptors (Lipinski definition) is 7. The molecule has 1 saturated carbocycles. The predicted octanol–water partition coefficient (Wildman–Crippen LogP) is 6.19. The van der Waals surface area contributed by atoms with Gasteiger partial charge >= 0.3 is 0 Å². The highest BCUT2D eigenvalue weighted by atomic mass is 19.1. The van der Waals surface area contributed by atoms with Crippen LogP contribution in [-0.4, -0.2) is 67.2 Å². The highest BCUT2D eigenvalue weighted by Crippen LogP contribution is 2.35. The molecule has 6 aromatic rings. The standard InChI is InChI=1S/C34H31FN8O2/c35-23-13-21(15-25(16-23)45-12-11-43-9-1-2-10-43)26-7-8-37-33-27(26)17-30(40-33)32-31-29(41-42-32)6-5-28(39-31)22-14-24(19-36-18-22)38-34(44)20-3-4-20/h5-8,13-20H,1-4,9-12H2,(H,37,40)(H,38,44)(H,41,42). The highest BCUT2D eigenvalue weighted by molar-refractivity contribution is 5.99. The van der Waals surface area contributed by atoms with Crippen LogP contribution < -0.4 is 10.1 Å². The Morgan fingerprint density at radius 1 is 1.04 bits per heavy atom. The first-order chi connectivity index (χ1) is 22.1. The van der Waals surface area contributed by atoms with Crippen molar-refractivity contribution in [3.63, 3.8) is 0 Å². The molecule has 0 atom stereocenters. The lowest BCUT2D eigenvalue weighted by molar-refractivity contribution is -0.117. The van der Waals surface area contributed by atoms with Gasteiger partial charge in [0.15, 0.2) is 0 Å². The molecule has 2 fully saturated rings. The van der Waals surface area contributed by atoms with Crippen LogP contribution >= 0.6 is 0 Å². The molecule has 6 heterocycles. The molecule has 11 heteroatoms. The lowest BCUT2D eigenvalue weighted by Crippen LogP contribution is -2.25. The molecule has 0 bridgehead atoms. The first-order valence-electron chi connectivity index (χ1n) is 15.3. The third kappa shape index (κ3) is 5.62. The number of aromatic nitrogens is 6. The van der Waals surface area contributed by atoms with Crippen LogP contribution in [0.1, 0.15) is 25.7 Å². The van der Waals surface area contributed by atoms with Gasteiger partial charge in [-0.05, 0) is 92.4 Å². The van der Waals surface area contributed by atoms with Gasteiger partial charge in [-0.15, -0.1) is 0 Å². The topological polar surface area (TPSA) is 125 Å². The van der Waals surface area contributed by atoms with E-state index < -0.39 is 0 Å². The molecular weight excluding hydrogens is 571 g/mol. The SMILES string of the molecule is O=C(Nc1cncc(-c2ccc3[nH]nc(-c4cc5c(-c6cc(F)cc(OCCN7CCCC7)c6)ccnc5[nH]4)c3n2)c1)C1CC1. The normalized spacial score (nSPS) is 15.2. The van der Waals surface area contributed by atoms with E-state index in [0.29, 0.717) is 46.2 Å². The monoisotopic (exact) mass is 602 g/mol. The molecule has 45 heavy (non-hydrogen) atoms. The fraction of sp³-hybridized carbons (Fsp3) is 0.265. The number of aromatic amines is 2. The first-order valence-corrected chi connectivity index (χ1v) is 15.3. The molecule has 1 aromatic carbocycles. The molecule has 10 nitrogen and oxygen atoms in total. The summed E-state index contributed by atoms with van der Waals surface area (Å²) in [6, 6.07) is 14.4. The number of fused-ring (bicyclic) bond motifs is 2. The van der Waals surface area contributed by atoms with Crippen molar-refractivity contribution in [3.8, 4) is 39.5 Å². The van der Waals surface area contributed by atoms with Crippen molar-refractivity contribution in [2.45, 2.75) is 25.7 Å². The van der Waals surface area contributed by atoms with E-state index in [0.717, 1.165) is 60.2 Å². The second-order valence-electron chi connectivity index (χ2n) is 11.8. The van der Waals surface area contributed by atoms with Crippen LogP contribution in [-0.2, 0) is 4.79 Å². The lowest BCUT2D eigenvalue weighted by Gasteiger charge is -2.15. The number of benzene rings is 1. The number of amides is 1. The van der Waals surface area contributed by atoms with Gasteiger partial charge < -0.3 is 15.0 Å². The summed E-state index contributed by atoms with van der Waals surface area (Å²) in [5, 5.41) is 11.4. The largest absolute Gasteiger partial charge is 0.492 e. The second kappa shape index (κ2) is 11.4. The minimum absolute atomic E-state index is 0.0285. The maximum absolute atomic E-state index is 14.8. The molecule has 1 saturated heterocycles. The Bertz CT molecular complexity index is 2040. The summed E-state index contributed by atoms with van der Waals surface area (Å²) >= 11 is 0. The van der Waals surface area contributed by atoms with E-state index in [1.54, 1.807) is 18.6 Å². The van der Waals surface area contributed by atoms with Gasteiger partial charge in [-0.25, -0.2) is 14.4 Å². The number of carbonyl (C=O) groups excluding carboxylic acids is 1. The number of hydrogen-bond donors (Lipinski definition) is 3. The second-order valence-corrected chi connectivity index (χ2v) is 11.8. The number of pyridine rings is 3. The van der Waals surface area contributed by atoms with Gasteiger partial charge in [0.1, 0.15) is 35.0 Å². The molecule has 0 spiro atoms. The fourth-order valence-corrected chi connectivity index (χ4v) is 5.99. The zero-order valence-electron chi connectivity index (χ0n) is 24.5. The van der Waals surface area contributed by atoms with Crippen molar-refractivity contribution in [3.05, 3.63) is 72.9 Å². The summed E-state index contributed by atoms with van der Waals surface area (Å²) in [7, 11) is 0. The number of likely N-dealkylation sites (tertiary alicyclic amines) is 1. The van der Waals surface area contributed by atoms with Crippen LogP contribution in [0.2, 0.25) is 0 Å². The number of halogens is 1. The Balaban J connectivity index is 1.10. The zero-order valence-corrected chi connectivity index (χ0v) is 24.5. The molecule has 1 aliphatic heterocycles. The maximum atomic E-state index is 14.8. The van der Waals surface area contributed by atoms with Gasteiger partial charge in [-0.3, -0.25) is 19.8 Å². The van der Waals surface area contributed by atoms with Crippen LogP contribution in [0.3, 0.4) is 0 Å². The Morgan fingerprint density at radius 2 is 1.93 bits per heavy atom. The van der Waals surface area contributed by atoms with E-state index in [1.165, 1.54) is 25.0 Å². The summed E-state index contributed by atoms with van der Waals surface area (Å²) in [5.74, 6) is 0.278. The van der Waals surface area contributed by atoms with Crippen molar-refractivity contribution in [1.82, 2.24) is 35.0 Å². The number of anilines is 1. The predicted molar refractivity (Wildman–Crippen MR) is 170 cm³/mol. The third-order valence-corrected chi connectivity index (χ3v) is 8.50. The fourth-order valence-electron chi connectivity index (χ4n) is 5.99. The Hall–Kier alpha value is -5.16. The number of nitrogens with zero attached hydrogens (tertiary/aromatic N) is 5. The summed E-state index contributed by atoms with van der Waals surface area (Å²) in [4.78, 5) is 31.8. The minimum atomic E-state index is -0.356. The number of H-pyrrole nitrogens is 2. The average Bonchev–Trinajstić information content (AvgIpc) is 3.40. The summed E-state index contributed by atoms with van der Waals surface area (Å²) in [5.41, 5.74) is 7.11. The quantitative estimate of drug-likeness (QED) is 0.180. The van der Waals surface area contributed by atoms with E-state index in [4.69, 9.17) is 9.72 Å². The van der Waals surface area contributed by atoms with E-state index >= 15 is 0 Å². The molecule has 1 amide bonds.